The predicted molar refractivity (Wildman–Crippen MR) is 89.4 cm³/mol. The summed E-state index contributed by atoms with van der Waals surface area (Å²) in [6, 6.07) is 0.575. The molecular weight excluding hydrogens is 260 g/mol. The summed E-state index contributed by atoms with van der Waals surface area (Å²) < 4.78 is 0. The van der Waals surface area contributed by atoms with Gasteiger partial charge in [-0.1, -0.05) is 33.6 Å². The molecule has 2 rings (SSSR count). The minimum atomic E-state index is -0.0188. The molecule has 21 heavy (non-hydrogen) atoms. The first-order valence-electron chi connectivity index (χ1n) is 8.98. The maximum absolute atomic E-state index is 9.45. The fourth-order valence-electron chi connectivity index (χ4n) is 4.48. The van der Waals surface area contributed by atoms with Gasteiger partial charge >= 0.3 is 0 Å². The van der Waals surface area contributed by atoms with E-state index in [4.69, 9.17) is 0 Å². The number of hydrogen-bond donors (Lipinski definition) is 2. The SMILES string of the molecule is CC1CCCC(CNC(C)C)(CN(C)CC2CC(O)C2)C1. The van der Waals surface area contributed by atoms with Gasteiger partial charge in [-0.2, -0.15) is 0 Å². The quantitative estimate of drug-likeness (QED) is 0.758. The molecule has 2 saturated carbocycles. The van der Waals surface area contributed by atoms with Gasteiger partial charge in [0.1, 0.15) is 0 Å². The van der Waals surface area contributed by atoms with Crippen LogP contribution in [0.5, 0.6) is 0 Å². The fraction of sp³-hybridized carbons (Fsp3) is 1.00. The van der Waals surface area contributed by atoms with Crippen LogP contribution in [0.4, 0.5) is 0 Å². The maximum atomic E-state index is 9.45. The molecular formula is C18H36N2O. The second-order valence-corrected chi connectivity index (χ2v) is 8.43. The van der Waals surface area contributed by atoms with Gasteiger partial charge in [-0.25, -0.2) is 0 Å². The average molecular weight is 296 g/mol. The number of nitrogens with zero attached hydrogens (tertiary/aromatic N) is 1. The van der Waals surface area contributed by atoms with Crippen molar-refractivity contribution >= 4 is 0 Å². The molecule has 124 valence electrons. The third-order valence-corrected chi connectivity index (χ3v) is 5.46. The van der Waals surface area contributed by atoms with Gasteiger partial charge < -0.3 is 15.3 Å². The predicted octanol–water partition coefficient (Wildman–Crippen LogP) is 2.88. The third kappa shape index (κ3) is 5.22. The molecule has 2 fully saturated rings. The second kappa shape index (κ2) is 7.43. The number of aliphatic hydroxyl groups is 1. The molecule has 3 nitrogen and oxygen atoms in total. The van der Waals surface area contributed by atoms with Crippen molar-refractivity contribution in [2.45, 2.75) is 71.4 Å². The Morgan fingerprint density at radius 3 is 2.62 bits per heavy atom. The van der Waals surface area contributed by atoms with E-state index < -0.39 is 0 Å². The number of hydrogen-bond acceptors (Lipinski definition) is 3. The van der Waals surface area contributed by atoms with Gasteiger partial charge in [0.05, 0.1) is 6.10 Å². The first kappa shape index (κ1) is 17.2. The van der Waals surface area contributed by atoms with E-state index in [1.807, 2.05) is 0 Å². The Morgan fingerprint density at radius 2 is 2.05 bits per heavy atom. The summed E-state index contributed by atoms with van der Waals surface area (Å²) in [7, 11) is 2.28. The van der Waals surface area contributed by atoms with Crippen LogP contribution < -0.4 is 5.32 Å². The van der Waals surface area contributed by atoms with Crippen molar-refractivity contribution in [3.8, 4) is 0 Å². The van der Waals surface area contributed by atoms with Crippen molar-refractivity contribution < 1.29 is 5.11 Å². The van der Waals surface area contributed by atoms with E-state index in [1.54, 1.807) is 0 Å². The zero-order valence-corrected chi connectivity index (χ0v) is 14.6. The third-order valence-electron chi connectivity index (χ3n) is 5.46. The summed E-state index contributed by atoms with van der Waals surface area (Å²) in [4.78, 5) is 2.54. The molecule has 0 radical (unpaired) electrons. The first-order chi connectivity index (χ1) is 9.88. The molecule has 3 heteroatoms. The largest absolute Gasteiger partial charge is 0.393 e. The molecule has 0 aliphatic heterocycles. The van der Waals surface area contributed by atoms with Crippen LogP contribution in [0, 0.1) is 17.3 Å². The molecule has 2 aliphatic carbocycles. The summed E-state index contributed by atoms with van der Waals surface area (Å²) in [5, 5.41) is 13.2. The molecule has 2 aliphatic rings. The zero-order chi connectivity index (χ0) is 15.5. The average Bonchev–Trinajstić information content (AvgIpc) is 2.34. The summed E-state index contributed by atoms with van der Waals surface area (Å²) in [6.45, 7) is 10.5. The van der Waals surface area contributed by atoms with Crippen LogP contribution in [0.1, 0.15) is 59.3 Å². The van der Waals surface area contributed by atoms with E-state index in [-0.39, 0.29) is 6.10 Å². The van der Waals surface area contributed by atoms with Crippen molar-refractivity contribution in [2.24, 2.45) is 17.3 Å². The van der Waals surface area contributed by atoms with Crippen LogP contribution in [0.15, 0.2) is 0 Å². The van der Waals surface area contributed by atoms with Crippen LogP contribution in [-0.4, -0.2) is 48.8 Å². The Morgan fingerprint density at radius 1 is 1.33 bits per heavy atom. The first-order valence-corrected chi connectivity index (χ1v) is 8.98. The van der Waals surface area contributed by atoms with E-state index in [1.165, 1.54) is 32.2 Å². The number of rotatable bonds is 7. The molecule has 2 unspecified atom stereocenters. The highest BCUT2D eigenvalue weighted by molar-refractivity contribution is 4.91. The summed E-state index contributed by atoms with van der Waals surface area (Å²) >= 11 is 0. The van der Waals surface area contributed by atoms with E-state index >= 15 is 0 Å². The van der Waals surface area contributed by atoms with Crippen LogP contribution >= 0.6 is 0 Å². The minimum absolute atomic E-state index is 0.0188. The van der Waals surface area contributed by atoms with E-state index in [9.17, 15) is 5.11 Å². The monoisotopic (exact) mass is 296 g/mol. The number of aliphatic hydroxyl groups excluding tert-OH is 1. The van der Waals surface area contributed by atoms with Crippen molar-refractivity contribution in [1.82, 2.24) is 10.2 Å². The molecule has 0 bridgehead atoms. The molecule has 0 spiro atoms. The summed E-state index contributed by atoms with van der Waals surface area (Å²) in [6.07, 6.45) is 7.53. The molecule has 0 aromatic rings. The van der Waals surface area contributed by atoms with Crippen LogP contribution in [0.3, 0.4) is 0 Å². The molecule has 0 heterocycles. The summed E-state index contributed by atoms with van der Waals surface area (Å²) in [5.41, 5.74) is 0.457. The fourth-order valence-corrected chi connectivity index (χ4v) is 4.48. The highest BCUT2D eigenvalue weighted by Crippen LogP contribution is 2.40. The molecule has 2 N–H and O–H groups in total. The second-order valence-electron chi connectivity index (χ2n) is 8.43. The Kier molecular flexibility index (Phi) is 6.10. The van der Waals surface area contributed by atoms with Crippen molar-refractivity contribution in [1.29, 1.82) is 0 Å². The Hall–Kier alpha value is -0.120. The van der Waals surface area contributed by atoms with Gasteiger partial charge in [0.15, 0.2) is 0 Å². The van der Waals surface area contributed by atoms with Gasteiger partial charge in [0.25, 0.3) is 0 Å². The zero-order valence-electron chi connectivity index (χ0n) is 14.6. The molecule has 0 saturated heterocycles. The Bertz CT molecular complexity index is 314. The molecule has 0 aromatic heterocycles. The highest BCUT2D eigenvalue weighted by atomic mass is 16.3. The van der Waals surface area contributed by atoms with Crippen molar-refractivity contribution in [3.63, 3.8) is 0 Å². The van der Waals surface area contributed by atoms with Gasteiger partial charge in [-0.15, -0.1) is 0 Å². The lowest BCUT2D eigenvalue weighted by atomic mass is 9.69. The van der Waals surface area contributed by atoms with Crippen molar-refractivity contribution in [3.05, 3.63) is 0 Å². The Balaban J connectivity index is 1.88. The highest BCUT2D eigenvalue weighted by Gasteiger charge is 2.37. The van der Waals surface area contributed by atoms with Crippen LogP contribution in [0.25, 0.3) is 0 Å². The molecule has 0 aromatic carbocycles. The minimum Gasteiger partial charge on any atom is -0.393 e. The molecule has 0 amide bonds. The smallest absolute Gasteiger partial charge is 0.0546 e. The lowest BCUT2D eigenvalue weighted by Gasteiger charge is -2.44. The normalized spacial score (nSPS) is 37.0. The van der Waals surface area contributed by atoms with Crippen molar-refractivity contribution in [2.75, 3.05) is 26.7 Å². The van der Waals surface area contributed by atoms with E-state index in [0.29, 0.717) is 11.5 Å². The number of nitrogens with one attached hydrogen (secondary N) is 1. The Labute approximate surface area is 131 Å². The van der Waals surface area contributed by atoms with Crippen LogP contribution in [-0.2, 0) is 0 Å². The summed E-state index contributed by atoms with van der Waals surface area (Å²) in [5.74, 6) is 1.59. The van der Waals surface area contributed by atoms with E-state index in [0.717, 1.165) is 37.8 Å². The maximum Gasteiger partial charge on any atom is 0.0546 e. The van der Waals surface area contributed by atoms with Gasteiger partial charge in [0, 0.05) is 25.7 Å². The molecule has 2 atom stereocenters. The van der Waals surface area contributed by atoms with Gasteiger partial charge in [0.2, 0.25) is 0 Å². The van der Waals surface area contributed by atoms with E-state index in [2.05, 4.69) is 38.0 Å². The lowest BCUT2D eigenvalue weighted by molar-refractivity contribution is 0.0151. The lowest BCUT2D eigenvalue weighted by Crippen LogP contribution is -2.48. The van der Waals surface area contributed by atoms with Gasteiger partial charge in [-0.05, 0) is 50.0 Å². The van der Waals surface area contributed by atoms with Crippen LogP contribution in [0.2, 0.25) is 0 Å². The topological polar surface area (TPSA) is 35.5 Å². The van der Waals surface area contributed by atoms with Gasteiger partial charge in [-0.3, -0.25) is 0 Å². The standard InChI is InChI=1S/C18H36N2O/c1-14(2)19-12-18(7-5-6-15(3)10-18)13-20(4)11-16-8-17(21)9-16/h14-17,19,21H,5-13H2,1-4H3.